The van der Waals surface area contributed by atoms with Crippen molar-refractivity contribution < 1.29 is 14.6 Å². The van der Waals surface area contributed by atoms with Gasteiger partial charge in [-0.15, -0.1) is 0 Å². The fraction of sp³-hybridized carbons (Fsp3) is 0.367. The van der Waals surface area contributed by atoms with Crippen LogP contribution in [0.15, 0.2) is 71.9 Å². The Morgan fingerprint density at radius 2 is 1.90 bits per heavy atom. The molecule has 0 bridgehead atoms. The number of ether oxygens (including phenoxy) is 1. The van der Waals surface area contributed by atoms with Crippen LogP contribution in [0.2, 0.25) is 0 Å². The number of rotatable bonds is 6. The summed E-state index contributed by atoms with van der Waals surface area (Å²) in [4.78, 5) is 25.0. The summed E-state index contributed by atoms with van der Waals surface area (Å²) in [5.74, 6) is 0.470. The third-order valence-corrected chi connectivity index (χ3v) is 7.54. The van der Waals surface area contributed by atoms with Gasteiger partial charge >= 0.3 is 6.09 Å². The van der Waals surface area contributed by atoms with Gasteiger partial charge in [0.1, 0.15) is 5.60 Å². The molecule has 8 nitrogen and oxygen atoms in total. The van der Waals surface area contributed by atoms with Crippen LogP contribution in [0.25, 0.3) is 22.2 Å². The summed E-state index contributed by atoms with van der Waals surface area (Å²) >= 11 is 1.63. The number of aromatic nitrogens is 3. The molecule has 1 unspecified atom stereocenters. The summed E-state index contributed by atoms with van der Waals surface area (Å²) < 4.78 is 7.72. The third kappa shape index (κ3) is 6.37. The third-order valence-electron chi connectivity index (χ3n) is 6.55. The van der Waals surface area contributed by atoms with Gasteiger partial charge in [-0.2, -0.15) is 0 Å². The van der Waals surface area contributed by atoms with Crippen molar-refractivity contribution in [3.8, 4) is 11.3 Å². The van der Waals surface area contributed by atoms with Gasteiger partial charge in [0, 0.05) is 52.9 Å². The molecule has 1 saturated heterocycles. The van der Waals surface area contributed by atoms with E-state index in [0.29, 0.717) is 30.3 Å². The molecule has 5 rings (SSSR count). The summed E-state index contributed by atoms with van der Waals surface area (Å²) in [6, 6.07) is 18.4. The summed E-state index contributed by atoms with van der Waals surface area (Å²) in [5.41, 5.74) is 2.79. The van der Waals surface area contributed by atoms with E-state index in [0.717, 1.165) is 34.2 Å². The highest BCUT2D eigenvalue weighted by Gasteiger charge is 2.28. The molecule has 4 aromatic rings. The molecule has 2 atom stereocenters. The monoisotopic (exact) mass is 545 g/mol. The number of aliphatic hydroxyl groups is 1. The average Bonchev–Trinajstić information content (AvgIpc) is 3.26. The maximum Gasteiger partial charge on any atom is 0.410 e. The lowest BCUT2D eigenvalue weighted by Crippen LogP contribution is -2.47. The number of hydrogen-bond donors (Lipinski definition) is 2. The number of nitrogens with zero attached hydrogens (tertiary/aromatic N) is 4. The van der Waals surface area contributed by atoms with Gasteiger partial charge in [-0.1, -0.05) is 36.4 Å². The fourth-order valence-electron chi connectivity index (χ4n) is 4.76. The van der Waals surface area contributed by atoms with E-state index in [1.807, 2.05) is 51.1 Å². The van der Waals surface area contributed by atoms with Crippen LogP contribution in [0.1, 0.15) is 52.2 Å². The van der Waals surface area contributed by atoms with Crippen LogP contribution < -0.4 is 5.32 Å². The van der Waals surface area contributed by atoms with Gasteiger partial charge in [-0.3, -0.25) is 3.97 Å². The van der Waals surface area contributed by atoms with E-state index in [-0.39, 0.29) is 12.1 Å². The number of piperidine rings is 1. The predicted molar refractivity (Wildman–Crippen MR) is 156 cm³/mol. The Morgan fingerprint density at radius 3 is 2.64 bits per heavy atom. The van der Waals surface area contributed by atoms with E-state index in [4.69, 9.17) is 9.72 Å². The molecule has 39 heavy (non-hydrogen) atoms. The van der Waals surface area contributed by atoms with E-state index in [1.54, 1.807) is 30.0 Å². The molecule has 2 N–H and O–H groups in total. The minimum Gasteiger partial charge on any atom is -0.444 e. The zero-order valence-electron chi connectivity index (χ0n) is 22.8. The van der Waals surface area contributed by atoms with Crippen molar-refractivity contribution in [1.29, 1.82) is 0 Å². The lowest BCUT2D eigenvalue weighted by Gasteiger charge is -2.34. The first-order valence-electron chi connectivity index (χ1n) is 13.3. The highest BCUT2D eigenvalue weighted by atomic mass is 32.2. The van der Waals surface area contributed by atoms with Crippen molar-refractivity contribution in [3.63, 3.8) is 0 Å². The molecular formula is C30H35N5O3S. The average molecular weight is 546 g/mol. The number of carbonyl (C=O) groups is 1. The van der Waals surface area contributed by atoms with Crippen molar-refractivity contribution in [1.82, 2.24) is 18.8 Å². The van der Waals surface area contributed by atoms with E-state index < -0.39 is 11.7 Å². The number of likely N-dealkylation sites (tertiary alicyclic amines) is 1. The van der Waals surface area contributed by atoms with Crippen LogP contribution in [0.5, 0.6) is 0 Å². The number of benzene rings is 2. The molecule has 0 saturated carbocycles. The minimum absolute atomic E-state index is 0.00787. The van der Waals surface area contributed by atoms with Crippen LogP contribution in [0.3, 0.4) is 0 Å². The van der Waals surface area contributed by atoms with Crippen molar-refractivity contribution in [2.75, 3.05) is 18.4 Å². The molecule has 1 aliphatic heterocycles. The van der Waals surface area contributed by atoms with Gasteiger partial charge in [0.2, 0.25) is 5.95 Å². The van der Waals surface area contributed by atoms with Crippen LogP contribution in [-0.4, -0.2) is 54.8 Å². The van der Waals surface area contributed by atoms with Gasteiger partial charge in [0.25, 0.3) is 0 Å². The SMILES string of the molecule is CC(O)c1cnc(N[C@H]2CCCN(C(=O)OC(C)(C)C)C2)nc1-c1cn(Sc2ccccc2)c2ccccc12. The van der Waals surface area contributed by atoms with Gasteiger partial charge < -0.3 is 20.1 Å². The van der Waals surface area contributed by atoms with Crippen LogP contribution >= 0.6 is 11.9 Å². The first-order chi connectivity index (χ1) is 18.7. The van der Waals surface area contributed by atoms with Crippen LogP contribution in [0.4, 0.5) is 10.7 Å². The number of aliphatic hydroxyl groups excluding tert-OH is 1. The molecular weight excluding hydrogens is 510 g/mol. The Morgan fingerprint density at radius 1 is 1.15 bits per heavy atom. The van der Waals surface area contributed by atoms with Gasteiger partial charge in [-0.05, 0) is 70.7 Å². The molecule has 0 aliphatic carbocycles. The second kappa shape index (κ2) is 11.3. The molecule has 0 radical (unpaired) electrons. The van der Waals surface area contributed by atoms with Crippen molar-refractivity contribution in [2.24, 2.45) is 0 Å². The van der Waals surface area contributed by atoms with Crippen LogP contribution in [-0.2, 0) is 4.74 Å². The number of anilines is 1. The van der Waals surface area contributed by atoms with E-state index in [2.05, 4.69) is 44.7 Å². The first kappa shape index (κ1) is 27.0. The molecule has 0 spiro atoms. The molecule has 1 amide bonds. The van der Waals surface area contributed by atoms with E-state index in [9.17, 15) is 9.90 Å². The Balaban J connectivity index is 1.45. The Hall–Kier alpha value is -3.56. The van der Waals surface area contributed by atoms with E-state index in [1.165, 1.54) is 0 Å². The van der Waals surface area contributed by atoms with Crippen molar-refractivity contribution in [2.45, 2.75) is 63.2 Å². The molecule has 9 heteroatoms. The van der Waals surface area contributed by atoms with Crippen LogP contribution in [0, 0.1) is 0 Å². The number of fused-ring (bicyclic) bond motifs is 1. The van der Waals surface area contributed by atoms with E-state index >= 15 is 0 Å². The summed E-state index contributed by atoms with van der Waals surface area (Å²) in [6.07, 6.45) is 4.48. The van der Waals surface area contributed by atoms with Crippen molar-refractivity contribution in [3.05, 3.63) is 72.6 Å². The second-order valence-electron chi connectivity index (χ2n) is 10.9. The molecule has 204 valence electrons. The zero-order chi connectivity index (χ0) is 27.6. The van der Waals surface area contributed by atoms with Gasteiger partial charge in [0.05, 0.1) is 17.3 Å². The van der Waals surface area contributed by atoms with Crippen molar-refractivity contribution >= 4 is 34.9 Å². The summed E-state index contributed by atoms with van der Waals surface area (Å²) in [7, 11) is 0. The summed E-state index contributed by atoms with van der Waals surface area (Å²) in [5, 5.41) is 15.1. The predicted octanol–water partition coefficient (Wildman–Crippen LogP) is 6.52. The highest BCUT2D eigenvalue weighted by Crippen LogP contribution is 2.37. The first-order valence-corrected chi connectivity index (χ1v) is 14.1. The lowest BCUT2D eigenvalue weighted by atomic mass is 10.0. The maximum atomic E-state index is 12.6. The standard InChI is InChI=1S/C30H35N5O3S/c1-20(36)24-17-31-28(32-21-11-10-16-34(18-21)29(37)38-30(2,3)4)33-27(24)25-19-35(26-15-9-8-14-23(25)26)39-22-12-6-5-7-13-22/h5-9,12-15,17,19-21,36H,10-11,16,18H2,1-4H3,(H,31,32,33)/t20?,21-/m0/s1. The Bertz CT molecular complexity index is 1450. The lowest BCUT2D eigenvalue weighted by molar-refractivity contribution is 0.0206. The summed E-state index contributed by atoms with van der Waals surface area (Å²) in [6.45, 7) is 8.53. The van der Waals surface area contributed by atoms with Gasteiger partial charge in [-0.25, -0.2) is 14.8 Å². The Labute approximate surface area is 233 Å². The quantitative estimate of drug-likeness (QED) is 0.285. The smallest absolute Gasteiger partial charge is 0.410 e. The minimum atomic E-state index is -0.740. The maximum absolute atomic E-state index is 12.6. The largest absolute Gasteiger partial charge is 0.444 e. The highest BCUT2D eigenvalue weighted by molar-refractivity contribution is 7.98. The molecule has 1 fully saturated rings. The fourth-order valence-corrected chi connectivity index (χ4v) is 5.68. The number of nitrogens with one attached hydrogen (secondary N) is 1. The topological polar surface area (TPSA) is 92.5 Å². The molecule has 2 aromatic carbocycles. The number of hydrogen-bond acceptors (Lipinski definition) is 7. The molecule has 3 heterocycles. The normalized spacial score (nSPS) is 16.7. The number of para-hydroxylation sites is 1. The second-order valence-corrected chi connectivity index (χ2v) is 11.9. The molecule has 1 aliphatic rings. The van der Waals surface area contributed by atoms with Gasteiger partial charge in [0.15, 0.2) is 0 Å². The number of carbonyl (C=O) groups excluding carboxylic acids is 1. The molecule has 2 aromatic heterocycles. The Kier molecular flexibility index (Phi) is 7.81. The zero-order valence-corrected chi connectivity index (χ0v) is 23.6. The number of amides is 1.